The van der Waals surface area contributed by atoms with E-state index in [-0.39, 0.29) is 6.10 Å². The Balaban J connectivity index is 2.03. The second-order valence-electron chi connectivity index (χ2n) is 5.20. The standard InChI is InChI=1S/C15H23NO3/c1-11(17)12-6-7-16(9-12)10-13-4-5-14(18-2)8-15(13)19-3/h4-5,8,11-12,17H,6-7,9-10H2,1-3H3. The SMILES string of the molecule is COc1ccc(CN2CCC(C(C)O)C2)c(OC)c1. The van der Waals surface area contributed by atoms with Crippen molar-refractivity contribution < 1.29 is 14.6 Å². The highest BCUT2D eigenvalue weighted by molar-refractivity contribution is 5.40. The van der Waals surface area contributed by atoms with Crippen LogP contribution in [-0.2, 0) is 6.54 Å². The van der Waals surface area contributed by atoms with Gasteiger partial charge in [0.25, 0.3) is 0 Å². The first-order valence-electron chi connectivity index (χ1n) is 6.75. The van der Waals surface area contributed by atoms with E-state index in [2.05, 4.69) is 4.90 Å². The Labute approximate surface area is 114 Å². The van der Waals surface area contributed by atoms with Crippen molar-refractivity contribution in [3.05, 3.63) is 23.8 Å². The number of rotatable bonds is 5. The van der Waals surface area contributed by atoms with Crippen LogP contribution in [0.15, 0.2) is 18.2 Å². The Bertz CT molecular complexity index is 420. The molecule has 4 nitrogen and oxygen atoms in total. The van der Waals surface area contributed by atoms with E-state index in [1.165, 1.54) is 0 Å². The van der Waals surface area contributed by atoms with Gasteiger partial charge in [0.15, 0.2) is 0 Å². The van der Waals surface area contributed by atoms with Crippen LogP contribution in [0.4, 0.5) is 0 Å². The molecule has 2 unspecified atom stereocenters. The third-order valence-electron chi connectivity index (χ3n) is 3.88. The molecule has 2 rings (SSSR count). The van der Waals surface area contributed by atoms with E-state index < -0.39 is 0 Å². The van der Waals surface area contributed by atoms with Gasteiger partial charge >= 0.3 is 0 Å². The molecule has 1 N–H and O–H groups in total. The van der Waals surface area contributed by atoms with Crippen LogP contribution in [0.5, 0.6) is 11.5 Å². The van der Waals surface area contributed by atoms with Crippen LogP contribution in [0.25, 0.3) is 0 Å². The third-order valence-corrected chi connectivity index (χ3v) is 3.88. The van der Waals surface area contributed by atoms with E-state index in [4.69, 9.17) is 9.47 Å². The first kappa shape index (κ1) is 14.2. The van der Waals surface area contributed by atoms with Gasteiger partial charge in [0.2, 0.25) is 0 Å². The fourth-order valence-electron chi connectivity index (χ4n) is 2.62. The summed E-state index contributed by atoms with van der Waals surface area (Å²) in [6.07, 6.45) is 0.846. The van der Waals surface area contributed by atoms with E-state index >= 15 is 0 Å². The molecule has 1 aromatic rings. The number of hydrogen-bond acceptors (Lipinski definition) is 4. The molecule has 0 spiro atoms. The van der Waals surface area contributed by atoms with Crippen LogP contribution in [0, 0.1) is 5.92 Å². The van der Waals surface area contributed by atoms with Crippen molar-refractivity contribution in [1.82, 2.24) is 4.90 Å². The van der Waals surface area contributed by atoms with E-state index in [0.29, 0.717) is 5.92 Å². The minimum Gasteiger partial charge on any atom is -0.497 e. The molecule has 0 amide bonds. The number of methoxy groups -OCH3 is 2. The lowest BCUT2D eigenvalue weighted by Gasteiger charge is -2.19. The Morgan fingerprint density at radius 1 is 1.37 bits per heavy atom. The molecule has 1 aliphatic rings. The minimum absolute atomic E-state index is 0.220. The fraction of sp³-hybridized carbons (Fsp3) is 0.600. The van der Waals surface area contributed by atoms with Gasteiger partial charge in [0.1, 0.15) is 11.5 Å². The maximum atomic E-state index is 9.64. The van der Waals surface area contributed by atoms with E-state index in [0.717, 1.165) is 43.1 Å². The third kappa shape index (κ3) is 3.39. The predicted molar refractivity (Wildman–Crippen MR) is 74.6 cm³/mol. The molecule has 2 atom stereocenters. The summed E-state index contributed by atoms with van der Waals surface area (Å²) in [6.45, 7) is 4.72. The Morgan fingerprint density at radius 2 is 2.16 bits per heavy atom. The van der Waals surface area contributed by atoms with Crippen LogP contribution in [0.2, 0.25) is 0 Å². The Kier molecular flexibility index (Phi) is 4.66. The van der Waals surface area contributed by atoms with Crippen LogP contribution in [-0.4, -0.2) is 43.4 Å². The van der Waals surface area contributed by atoms with Crippen molar-refractivity contribution in [2.45, 2.75) is 26.0 Å². The summed E-state index contributed by atoms with van der Waals surface area (Å²) < 4.78 is 10.6. The van der Waals surface area contributed by atoms with Gasteiger partial charge in [-0.3, -0.25) is 4.90 Å². The minimum atomic E-state index is -0.220. The summed E-state index contributed by atoms with van der Waals surface area (Å²) in [4.78, 5) is 2.36. The molecule has 4 heteroatoms. The average Bonchev–Trinajstić information content (AvgIpc) is 2.88. The molecule has 106 valence electrons. The molecule has 1 fully saturated rings. The van der Waals surface area contributed by atoms with Crippen LogP contribution >= 0.6 is 0 Å². The first-order chi connectivity index (χ1) is 9.13. The second-order valence-corrected chi connectivity index (χ2v) is 5.20. The highest BCUT2D eigenvalue weighted by Gasteiger charge is 2.26. The molecule has 0 bridgehead atoms. The smallest absolute Gasteiger partial charge is 0.127 e. The molecule has 1 saturated heterocycles. The van der Waals surface area contributed by atoms with Gasteiger partial charge in [0.05, 0.1) is 20.3 Å². The molecule has 0 aliphatic carbocycles. The lowest BCUT2D eigenvalue weighted by molar-refractivity contribution is 0.127. The Hall–Kier alpha value is -1.26. The molecule has 0 radical (unpaired) electrons. The van der Waals surface area contributed by atoms with E-state index in [1.54, 1.807) is 14.2 Å². The van der Waals surface area contributed by atoms with E-state index in [9.17, 15) is 5.11 Å². The number of likely N-dealkylation sites (tertiary alicyclic amines) is 1. The lowest BCUT2D eigenvalue weighted by Crippen LogP contribution is -2.24. The summed E-state index contributed by atoms with van der Waals surface area (Å²) in [7, 11) is 3.34. The zero-order valence-corrected chi connectivity index (χ0v) is 11.9. The molecule has 1 aliphatic heterocycles. The average molecular weight is 265 g/mol. The summed E-state index contributed by atoms with van der Waals surface area (Å²) in [6, 6.07) is 5.92. The predicted octanol–water partition coefficient (Wildman–Crippen LogP) is 1.91. The maximum Gasteiger partial charge on any atom is 0.127 e. The van der Waals surface area contributed by atoms with Gasteiger partial charge < -0.3 is 14.6 Å². The van der Waals surface area contributed by atoms with Crippen LogP contribution < -0.4 is 9.47 Å². The lowest BCUT2D eigenvalue weighted by atomic mass is 10.0. The van der Waals surface area contributed by atoms with Gasteiger partial charge in [-0.05, 0) is 31.9 Å². The molecular formula is C15H23NO3. The largest absolute Gasteiger partial charge is 0.497 e. The number of aliphatic hydroxyl groups is 1. The fourth-order valence-corrected chi connectivity index (χ4v) is 2.62. The Morgan fingerprint density at radius 3 is 2.74 bits per heavy atom. The summed E-state index contributed by atoms with van der Waals surface area (Å²) >= 11 is 0. The number of hydrogen-bond donors (Lipinski definition) is 1. The van der Waals surface area contributed by atoms with Crippen LogP contribution in [0.3, 0.4) is 0 Å². The van der Waals surface area contributed by atoms with Crippen molar-refractivity contribution in [3.63, 3.8) is 0 Å². The normalized spacial score (nSPS) is 21.4. The second kappa shape index (κ2) is 6.26. The van der Waals surface area contributed by atoms with Gasteiger partial charge in [-0.25, -0.2) is 0 Å². The number of aliphatic hydroxyl groups excluding tert-OH is 1. The van der Waals surface area contributed by atoms with Crippen molar-refractivity contribution in [1.29, 1.82) is 0 Å². The molecule has 1 heterocycles. The van der Waals surface area contributed by atoms with Gasteiger partial charge in [-0.1, -0.05) is 6.07 Å². The van der Waals surface area contributed by atoms with Crippen molar-refractivity contribution in [3.8, 4) is 11.5 Å². The number of nitrogens with zero attached hydrogens (tertiary/aromatic N) is 1. The molecule has 19 heavy (non-hydrogen) atoms. The van der Waals surface area contributed by atoms with Crippen molar-refractivity contribution in [2.75, 3.05) is 27.3 Å². The van der Waals surface area contributed by atoms with Gasteiger partial charge in [-0.15, -0.1) is 0 Å². The highest BCUT2D eigenvalue weighted by Crippen LogP contribution is 2.28. The van der Waals surface area contributed by atoms with Crippen molar-refractivity contribution in [2.24, 2.45) is 5.92 Å². The topological polar surface area (TPSA) is 41.9 Å². The van der Waals surface area contributed by atoms with Gasteiger partial charge in [0, 0.05) is 24.7 Å². The summed E-state index contributed by atoms with van der Waals surface area (Å²) in [5.41, 5.74) is 1.16. The van der Waals surface area contributed by atoms with Crippen LogP contribution in [0.1, 0.15) is 18.9 Å². The van der Waals surface area contributed by atoms with E-state index in [1.807, 2.05) is 25.1 Å². The molecule has 0 saturated carbocycles. The zero-order chi connectivity index (χ0) is 13.8. The molecule has 0 aromatic heterocycles. The highest BCUT2D eigenvalue weighted by atomic mass is 16.5. The monoisotopic (exact) mass is 265 g/mol. The number of ether oxygens (including phenoxy) is 2. The molecular weight excluding hydrogens is 242 g/mol. The summed E-state index contributed by atoms with van der Waals surface area (Å²) in [5, 5.41) is 9.64. The zero-order valence-electron chi connectivity index (χ0n) is 11.9. The number of benzene rings is 1. The first-order valence-corrected chi connectivity index (χ1v) is 6.75. The maximum absolute atomic E-state index is 9.64. The quantitative estimate of drug-likeness (QED) is 0.883. The van der Waals surface area contributed by atoms with Gasteiger partial charge in [-0.2, -0.15) is 0 Å². The molecule has 1 aromatic carbocycles. The summed E-state index contributed by atoms with van der Waals surface area (Å²) in [5.74, 6) is 2.06. The van der Waals surface area contributed by atoms with Crippen molar-refractivity contribution >= 4 is 0 Å².